The Bertz CT molecular complexity index is 754. The third-order valence-corrected chi connectivity index (χ3v) is 3.98. The van der Waals surface area contributed by atoms with Crippen LogP contribution in [0.25, 0.3) is 0 Å². The minimum absolute atomic E-state index is 0.0317. The number of para-hydroxylation sites is 1. The number of aliphatic imine (C=N–C) groups is 1. The number of halogens is 8. The fraction of sp³-hybridized carbons (Fsp3) is 0.214. The van der Waals surface area contributed by atoms with Crippen LogP contribution in [0.3, 0.4) is 0 Å². The predicted octanol–water partition coefficient (Wildman–Crippen LogP) is 5.07. The Morgan fingerprint density at radius 2 is 1.71 bits per heavy atom. The number of nitrogens with zero attached hydrogens (tertiary/aromatic N) is 1. The number of aromatic hydroxyl groups is 1. The van der Waals surface area contributed by atoms with E-state index in [-0.39, 0.29) is 11.3 Å². The standard InChI is InChI=1S/C14H7F7INO/c15-8-7(14(19,20)21)9(16)11(18)12(10(8)17)23-4-5-2-1-3-6(22)13(5)24/h1-4,8,10,24H. The molecule has 0 fully saturated rings. The van der Waals surface area contributed by atoms with Gasteiger partial charge in [-0.1, -0.05) is 6.07 Å². The summed E-state index contributed by atoms with van der Waals surface area (Å²) in [4.78, 5) is 3.19. The lowest BCUT2D eigenvalue weighted by molar-refractivity contribution is -0.106. The quantitative estimate of drug-likeness (QED) is 0.370. The first-order valence-corrected chi connectivity index (χ1v) is 7.30. The van der Waals surface area contributed by atoms with Gasteiger partial charge in [-0.2, -0.15) is 13.2 Å². The van der Waals surface area contributed by atoms with E-state index in [9.17, 15) is 35.8 Å². The van der Waals surface area contributed by atoms with E-state index in [4.69, 9.17) is 0 Å². The molecule has 1 aliphatic rings. The topological polar surface area (TPSA) is 32.6 Å². The first-order valence-electron chi connectivity index (χ1n) is 6.22. The highest BCUT2D eigenvalue weighted by Gasteiger charge is 2.51. The average molecular weight is 465 g/mol. The normalized spacial score (nSPS) is 22.7. The number of hydrogen-bond donors (Lipinski definition) is 1. The SMILES string of the molecule is Oc1c(I)cccc1C=NC1=C(F)C(F)=C(C(F)(F)F)C(F)C1F. The van der Waals surface area contributed by atoms with Crippen molar-refractivity contribution < 1.29 is 35.8 Å². The van der Waals surface area contributed by atoms with Crippen molar-refractivity contribution in [3.63, 3.8) is 0 Å². The highest BCUT2D eigenvalue weighted by Crippen LogP contribution is 2.43. The predicted molar refractivity (Wildman–Crippen MR) is 80.5 cm³/mol. The summed E-state index contributed by atoms with van der Waals surface area (Å²) in [7, 11) is 0. The zero-order chi connectivity index (χ0) is 18.2. The Morgan fingerprint density at radius 1 is 1.08 bits per heavy atom. The molecule has 1 aromatic rings. The second-order valence-electron chi connectivity index (χ2n) is 4.66. The molecule has 0 aliphatic heterocycles. The molecule has 0 saturated carbocycles. The second-order valence-corrected chi connectivity index (χ2v) is 5.83. The third kappa shape index (κ3) is 3.42. The van der Waals surface area contributed by atoms with Crippen molar-refractivity contribution in [2.24, 2.45) is 4.99 Å². The van der Waals surface area contributed by atoms with Crippen molar-refractivity contribution >= 4 is 28.8 Å². The van der Waals surface area contributed by atoms with E-state index in [1.807, 2.05) is 0 Å². The van der Waals surface area contributed by atoms with Crippen LogP contribution < -0.4 is 0 Å². The zero-order valence-electron chi connectivity index (χ0n) is 11.4. The first-order chi connectivity index (χ1) is 11.1. The number of phenols is 1. The lowest BCUT2D eigenvalue weighted by Gasteiger charge is -2.24. The minimum Gasteiger partial charge on any atom is -0.506 e. The van der Waals surface area contributed by atoms with E-state index in [1.165, 1.54) is 18.2 Å². The van der Waals surface area contributed by atoms with Crippen LogP contribution in [0, 0.1) is 3.57 Å². The largest absolute Gasteiger partial charge is 0.506 e. The van der Waals surface area contributed by atoms with Crippen molar-refractivity contribution in [1.29, 1.82) is 0 Å². The molecule has 130 valence electrons. The van der Waals surface area contributed by atoms with Gasteiger partial charge in [-0.15, -0.1) is 0 Å². The molecule has 24 heavy (non-hydrogen) atoms. The molecule has 0 saturated heterocycles. The lowest BCUT2D eigenvalue weighted by atomic mass is 9.96. The summed E-state index contributed by atoms with van der Waals surface area (Å²) in [5.74, 6) is -5.08. The van der Waals surface area contributed by atoms with Gasteiger partial charge >= 0.3 is 6.18 Å². The summed E-state index contributed by atoms with van der Waals surface area (Å²) in [6.07, 6.45) is -11.4. The monoisotopic (exact) mass is 465 g/mol. The van der Waals surface area contributed by atoms with Crippen LogP contribution in [0.5, 0.6) is 5.75 Å². The summed E-state index contributed by atoms with van der Waals surface area (Å²) in [5.41, 5.74) is -4.04. The van der Waals surface area contributed by atoms with Gasteiger partial charge in [0.05, 0.1) is 3.57 Å². The fourth-order valence-corrected chi connectivity index (χ4v) is 2.46. The van der Waals surface area contributed by atoms with Gasteiger partial charge in [-0.3, -0.25) is 4.99 Å². The molecule has 0 radical (unpaired) electrons. The molecule has 1 aliphatic carbocycles. The fourth-order valence-electron chi connectivity index (χ4n) is 1.94. The number of alkyl halides is 5. The summed E-state index contributed by atoms with van der Waals surface area (Å²) in [6.45, 7) is 0. The summed E-state index contributed by atoms with van der Waals surface area (Å²) in [6, 6.07) is 4.25. The first kappa shape index (κ1) is 18.7. The van der Waals surface area contributed by atoms with Crippen LogP contribution in [-0.4, -0.2) is 29.8 Å². The maximum absolute atomic E-state index is 13.8. The smallest absolute Gasteiger partial charge is 0.418 e. The molecule has 2 unspecified atom stereocenters. The Balaban J connectivity index is 2.50. The third-order valence-electron chi connectivity index (χ3n) is 3.11. The lowest BCUT2D eigenvalue weighted by Crippen LogP contribution is -2.34. The summed E-state index contributed by atoms with van der Waals surface area (Å²) >= 11 is 1.75. The number of allylic oxidation sites excluding steroid dienone is 4. The molecule has 0 spiro atoms. The van der Waals surface area contributed by atoms with Crippen LogP contribution in [0.2, 0.25) is 0 Å². The van der Waals surface area contributed by atoms with Gasteiger partial charge in [0.25, 0.3) is 0 Å². The summed E-state index contributed by atoms with van der Waals surface area (Å²) in [5, 5.41) is 9.70. The molecule has 0 heterocycles. The molecule has 0 amide bonds. The van der Waals surface area contributed by atoms with Crippen LogP contribution in [-0.2, 0) is 0 Å². The van der Waals surface area contributed by atoms with Crippen molar-refractivity contribution in [3.05, 3.63) is 50.3 Å². The zero-order valence-corrected chi connectivity index (χ0v) is 13.5. The average Bonchev–Trinajstić information content (AvgIpc) is 2.48. The van der Waals surface area contributed by atoms with Gasteiger partial charge in [0.2, 0.25) is 0 Å². The highest BCUT2D eigenvalue weighted by molar-refractivity contribution is 14.1. The maximum atomic E-state index is 13.8. The molecular weight excluding hydrogens is 458 g/mol. The number of phenolic OH excluding ortho intramolecular Hbond substituents is 1. The van der Waals surface area contributed by atoms with Crippen LogP contribution in [0.15, 0.2) is 46.1 Å². The number of hydrogen-bond acceptors (Lipinski definition) is 2. The molecule has 0 bridgehead atoms. The molecule has 0 aromatic heterocycles. The highest BCUT2D eigenvalue weighted by atomic mass is 127. The van der Waals surface area contributed by atoms with E-state index >= 15 is 0 Å². The molecule has 1 N–H and O–H groups in total. The van der Waals surface area contributed by atoms with Gasteiger partial charge in [0.1, 0.15) is 17.0 Å². The number of benzene rings is 1. The molecule has 2 nitrogen and oxygen atoms in total. The van der Waals surface area contributed by atoms with E-state index < -0.39 is 41.4 Å². The van der Waals surface area contributed by atoms with Gasteiger partial charge in [-0.25, -0.2) is 17.6 Å². The van der Waals surface area contributed by atoms with Gasteiger partial charge < -0.3 is 5.11 Å². The van der Waals surface area contributed by atoms with Gasteiger partial charge in [0, 0.05) is 11.8 Å². The molecular formula is C14H7F7INO. The van der Waals surface area contributed by atoms with E-state index in [0.29, 0.717) is 9.78 Å². The van der Waals surface area contributed by atoms with Crippen LogP contribution >= 0.6 is 22.6 Å². The van der Waals surface area contributed by atoms with Crippen LogP contribution in [0.1, 0.15) is 5.56 Å². The molecule has 1 aromatic carbocycles. The Hall–Kier alpha value is -1.59. The minimum atomic E-state index is -5.56. The van der Waals surface area contributed by atoms with E-state index in [1.54, 1.807) is 22.6 Å². The van der Waals surface area contributed by atoms with E-state index in [2.05, 4.69) is 4.99 Å². The Morgan fingerprint density at radius 3 is 2.29 bits per heavy atom. The molecule has 2 atom stereocenters. The Labute approximate surface area is 144 Å². The van der Waals surface area contributed by atoms with Crippen LogP contribution in [0.4, 0.5) is 30.7 Å². The van der Waals surface area contributed by atoms with Crippen molar-refractivity contribution in [2.45, 2.75) is 18.5 Å². The Kier molecular flexibility index (Phi) is 5.25. The van der Waals surface area contributed by atoms with Crippen molar-refractivity contribution in [3.8, 4) is 5.75 Å². The summed E-state index contributed by atoms with van der Waals surface area (Å²) < 4.78 is 92.4. The second kappa shape index (κ2) is 6.73. The van der Waals surface area contributed by atoms with Crippen molar-refractivity contribution in [1.82, 2.24) is 0 Å². The molecule has 10 heteroatoms. The maximum Gasteiger partial charge on any atom is 0.418 e. The molecule has 2 rings (SSSR count). The van der Waals surface area contributed by atoms with Gasteiger partial charge in [0.15, 0.2) is 24.0 Å². The van der Waals surface area contributed by atoms with Crippen molar-refractivity contribution in [2.75, 3.05) is 0 Å². The van der Waals surface area contributed by atoms with E-state index in [0.717, 1.165) is 0 Å². The number of rotatable bonds is 2. The van der Waals surface area contributed by atoms with Gasteiger partial charge in [-0.05, 0) is 34.7 Å².